The fraction of sp³-hybridized carbons (Fsp3) is 0.120. The van der Waals surface area contributed by atoms with Gasteiger partial charge in [-0.15, -0.1) is 0 Å². The van der Waals surface area contributed by atoms with Gasteiger partial charge in [0.15, 0.2) is 0 Å². The quantitative estimate of drug-likeness (QED) is 0.270. The average molecular weight is 569 g/mol. The van der Waals surface area contributed by atoms with Crippen LogP contribution in [0.5, 0.6) is 0 Å². The number of pyridine rings is 2. The van der Waals surface area contributed by atoms with Crippen LogP contribution >= 0.6 is 34.8 Å². The summed E-state index contributed by atoms with van der Waals surface area (Å²) in [4.78, 5) is 33.1. The van der Waals surface area contributed by atoms with Crippen LogP contribution in [0.4, 0.5) is 13.2 Å². The van der Waals surface area contributed by atoms with E-state index in [1.54, 1.807) is 18.2 Å². The first kappa shape index (κ1) is 26.7. The van der Waals surface area contributed by atoms with E-state index in [1.165, 1.54) is 30.5 Å². The van der Waals surface area contributed by atoms with E-state index in [1.807, 2.05) is 0 Å². The number of nitrogens with zero attached hydrogens (tertiary/aromatic N) is 2. The van der Waals surface area contributed by atoms with Gasteiger partial charge in [0.1, 0.15) is 6.04 Å². The molecule has 0 fully saturated rings. The fourth-order valence-electron chi connectivity index (χ4n) is 3.82. The van der Waals surface area contributed by atoms with E-state index in [-0.39, 0.29) is 38.8 Å². The number of benzene rings is 2. The van der Waals surface area contributed by atoms with Crippen molar-refractivity contribution in [3.63, 3.8) is 0 Å². The number of carboxylic acid groups (broad SMARTS) is 1. The maximum absolute atomic E-state index is 13.4. The molecule has 0 aliphatic rings. The second-order valence-electron chi connectivity index (χ2n) is 7.86. The summed E-state index contributed by atoms with van der Waals surface area (Å²) in [6, 6.07) is 10.1. The Morgan fingerprint density at radius 3 is 2.30 bits per heavy atom. The molecule has 0 saturated heterocycles. The number of rotatable bonds is 6. The van der Waals surface area contributed by atoms with Gasteiger partial charge in [0.05, 0.1) is 37.4 Å². The Bertz CT molecular complexity index is 1510. The van der Waals surface area contributed by atoms with Crippen molar-refractivity contribution in [2.75, 3.05) is 0 Å². The Morgan fingerprint density at radius 1 is 0.946 bits per heavy atom. The number of fused-ring (bicyclic) bond motifs is 1. The molecule has 190 valence electrons. The van der Waals surface area contributed by atoms with Crippen LogP contribution in [-0.4, -0.2) is 33.0 Å². The van der Waals surface area contributed by atoms with Crippen molar-refractivity contribution in [1.82, 2.24) is 15.3 Å². The highest BCUT2D eigenvalue weighted by Gasteiger charge is 2.35. The Hall–Kier alpha value is -3.40. The smallest absolute Gasteiger partial charge is 0.417 e. The van der Waals surface area contributed by atoms with Gasteiger partial charge < -0.3 is 10.4 Å². The minimum Gasteiger partial charge on any atom is -0.480 e. The zero-order valence-electron chi connectivity index (χ0n) is 18.5. The highest BCUT2D eigenvalue weighted by Crippen LogP contribution is 2.40. The van der Waals surface area contributed by atoms with Crippen LogP contribution in [0.2, 0.25) is 15.1 Å². The molecule has 0 aliphatic heterocycles. The van der Waals surface area contributed by atoms with Crippen LogP contribution in [-0.2, 0) is 17.4 Å². The normalized spacial score (nSPS) is 12.4. The number of halogens is 6. The molecular formula is C25H15Cl3F3N3O3. The Morgan fingerprint density at radius 2 is 1.65 bits per heavy atom. The van der Waals surface area contributed by atoms with Gasteiger partial charge in [-0.1, -0.05) is 59.1 Å². The summed E-state index contributed by atoms with van der Waals surface area (Å²) in [6.07, 6.45) is -2.42. The second-order valence-corrected chi connectivity index (χ2v) is 9.05. The lowest BCUT2D eigenvalue weighted by atomic mass is 9.96. The summed E-state index contributed by atoms with van der Waals surface area (Å²) < 4.78 is 40.2. The first-order chi connectivity index (χ1) is 17.5. The first-order valence-corrected chi connectivity index (χ1v) is 11.7. The standard InChI is InChI=1S/C25H15Cl3F3N3O3/c26-16-4-1-5-17(27)19(16)23(35)34-18(24(36)37)11-12-6-7-14(21-13(12)3-2-9-32-21)22-20(28)15(8-10-33-22)25(29,30)31/h1-10,18H,11H2,(H,34,35)(H,36,37)/t18-/m0/s1. The molecule has 6 nitrogen and oxygen atoms in total. The van der Waals surface area contributed by atoms with Gasteiger partial charge in [-0.25, -0.2) is 4.79 Å². The maximum atomic E-state index is 13.4. The number of hydrogen-bond acceptors (Lipinski definition) is 4. The zero-order valence-corrected chi connectivity index (χ0v) is 20.8. The third-order valence-corrected chi connectivity index (χ3v) is 6.54. The summed E-state index contributed by atoms with van der Waals surface area (Å²) >= 11 is 18.2. The number of nitrogens with one attached hydrogen (secondary N) is 1. The molecule has 12 heteroatoms. The predicted molar refractivity (Wildman–Crippen MR) is 134 cm³/mol. The van der Waals surface area contributed by atoms with Crippen LogP contribution in [0.25, 0.3) is 22.2 Å². The monoisotopic (exact) mass is 567 g/mol. The Kier molecular flexibility index (Phi) is 7.59. The van der Waals surface area contributed by atoms with Crippen LogP contribution in [0.1, 0.15) is 21.5 Å². The first-order valence-electron chi connectivity index (χ1n) is 10.6. The molecule has 0 bridgehead atoms. The second kappa shape index (κ2) is 10.5. The maximum Gasteiger partial charge on any atom is 0.417 e. The SMILES string of the molecule is O=C(N[C@@H](Cc1ccc(-c2nccc(C(F)(F)F)c2Cl)c2ncccc12)C(=O)O)c1c(Cl)cccc1Cl. The number of carbonyl (C=O) groups is 2. The fourth-order valence-corrected chi connectivity index (χ4v) is 4.71. The van der Waals surface area contributed by atoms with E-state index in [4.69, 9.17) is 34.8 Å². The number of carboxylic acids is 1. The van der Waals surface area contributed by atoms with Crippen molar-refractivity contribution in [2.45, 2.75) is 18.6 Å². The molecule has 37 heavy (non-hydrogen) atoms. The van der Waals surface area contributed by atoms with Crippen molar-refractivity contribution < 1.29 is 27.9 Å². The van der Waals surface area contributed by atoms with Gasteiger partial charge in [0.2, 0.25) is 0 Å². The Balaban J connectivity index is 1.73. The number of alkyl halides is 3. The molecule has 0 spiro atoms. The van der Waals surface area contributed by atoms with Gasteiger partial charge in [-0.05, 0) is 29.8 Å². The molecule has 1 amide bonds. The summed E-state index contributed by atoms with van der Waals surface area (Å²) in [5.74, 6) is -2.10. The number of aliphatic carboxylic acids is 1. The van der Waals surface area contributed by atoms with Crippen molar-refractivity contribution in [1.29, 1.82) is 0 Å². The predicted octanol–water partition coefficient (Wildman–Crippen LogP) is 6.70. The molecule has 0 unspecified atom stereocenters. The van der Waals surface area contributed by atoms with Crippen molar-refractivity contribution in [2.24, 2.45) is 0 Å². The van der Waals surface area contributed by atoms with E-state index in [2.05, 4.69) is 15.3 Å². The number of aromatic nitrogens is 2. The van der Waals surface area contributed by atoms with E-state index < -0.39 is 34.7 Å². The van der Waals surface area contributed by atoms with Crippen molar-refractivity contribution in [3.8, 4) is 11.3 Å². The van der Waals surface area contributed by atoms with E-state index in [0.29, 0.717) is 10.9 Å². The molecule has 0 radical (unpaired) electrons. The lowest BCUT2D eigenvalue weighted by molar-refractivity contribution is -0.139. The topological polar surface area (TPSA) is 92.2 Å². The van der Waals surface area contributed by atoms with Crippen LogP contribution in [0.3, 0.4) is 0 Å². The molecule has 4 rings (SSSR count). The molecule has 2 aromatic carbocycles. The third-order valence-electron chi connectivity index (χ3n) is 5.53. The van der Waals surface area contributed by atoms with E-state index >= 15 is 0 Å². The molecule has 2 aromatic heterocycles. The molecule has 0 aliphatic carbocycles. The summed E-state index contributed by atoms with van der Waals surface area (Å²) in [7, 11) is 0. The van der Waals surface area contributed by atoms with Gasteiger partial charge in [0, 0.05) is 29.8 Å². The van der Waals surface area contributed by atoms with Crippen LogP contribution in [0.15, 0.2) is 60.9 Å². The highest BCUT2D eigenvalue weighted by molar-refractivity contribution is 6.39. The summed E-state index contributed by atoms with van der Waals surface area (Å²) in [5, 5.41) is 12.2. The molecule has 0 saturated carbocycles. The molecule has 1 atom stereocenters. The zero-order chi connectivity index (χ0) is 26.9. The Labute approximate surface area is 223 Å². The number of carbonyl (C=O) groups excluding carboxylic acids is 1. The van der Waals surface area contributed by atoms with Crippen molar-refractivity contribution in [3.05, 3.63) is 92.7 Å². The minimum absolute atomic E-state index is 0.0543. The van der Waals surface area contributed by atoms with E-state index in [0.717, 1.165) is 12.3 Å². The summed E-state index contributed by atoms with van der Waals surface area (Å²) in [5.41, 5.74) is -0.271. The molecule has 4 aromatic rings. The highest BCUT2D eigenvalue weighted by atomic mass is 35.5. The lowest BCUT2D eigenvalue weighted by Gasteiger charge is -2.18. The largest absolute Gasteiger partial charge is 0.480 e. The molecular weight excluding hydrogens is 554 g/mol. The number of hydrogen-bond donors (Lipinski definition) is 2. The van der Waals surface area contributed by atoms with Gasteiger partial charge in [-0.3, -0.25) is 14.8 Å². The van der Waals surface area contributed by atoms with Crippen LogP contribution in [0, 0.1) is 0 Å². The minimum atomic E-state index is -4.69. The van der Waals surface area contributed by atoms with Crippen LogP contribution < -0.4 is 5.32 Å². The number of amides is 1. The summed E-state index contributed by atoms with van der Waals surface area (Å²) in [6.45, 7) is 0. The van der Waals surface area contributed by atoms with Gasteiger partial charge >= 0.3 is 12.1 Å². The molecule has 2 heterocycles. The van der Waals surface area contributed by atoms with E-state index in [9.17, 15) is 27.9 Å². The average Bonchev–Trinajstić information content (AvgIpc) is 2.83. The van der Waals surface area contributed by atoms with Gasteiger partial charge in [-0.2, -0.15) is 13.2 Å². The lowest BCUT2D eigenvalue weighted by Crippen LogP contribution is -2.42. The van der Waals surface area contributed by atoms with Crippen molar-refractivity contribution >= 4 is 57.6 Å². The third kappa shape index (κ3) is 5.49. The van der Waals surface area contributed by atoms with Gasteiger partial charge in [0.25, 0.3) is 5.91 Å². The molecule has 2 N–H and O–H groups in total.